The van der Waals surface area contributed by atoms with E-state index in [0.29, 0.717) is 0 Å². The Labute approximate surface area is 123 Å². The van der Waals surface area contributed by atoms with E-state index in [0.717, 1.165) is 0 Å². The third-order valence-corrected chi connectivity index (χ3v) is 2.25. The van der Waals surface area contributed by atoms with Gasteiger partial charge in [0.2, 0.25) is 0 Å². The highest BCUT2D eigenvalue weighted by atomic mass is 15.1. The highest BCUT2D eigenvalue weighted by Crippen LogP contribution is 2.23. The Kier molecular flexibility index (Phi) is 16.4. The van der Waals surface area contributed by atoms with E-state index >= 15 is 0 Å². The summed E-state index contributed by atoms with van der Waals surface area (Å²) in [4.78, 5) is 2.12. The van der Waals surface area contributed by atoms with Crippen molar-refractivity contribution < 1.29 is 0 Å². The first-order chi connectivity index (χ1) is 8.91. The number of anilines is 1. The Morgan fingerprint density at radius 1 is 0.684 bits per heavy atom. The Balaban J connectivity index is -0.000000375. The average Bonchev–Trinajstić information content (AvgIpc) is 2.44. The van der Waals surface area contributed by atoms with Gasteiger partial charge in [0.15, 0.2) is 0 Å². The molecule has 1 nitrogen and oxygen atoms in total. The van der Waals surface area contributed by atoms with Gasteiger partial charge in [-0.1, -0.05) is 74.4 Å². The van der Waals surface area contributed by atoms with Crippen LogP contribution in [0.4, 0.5) is 5.69 Å². The molecule has 0 atom stereocenters. The van der Waals surface area contributed by atoms with Gasteiger partial charge >= 0.3 is 0 Å². The monoisotopic (exact) mass is 267 g/mol. The normalized spacial score (nSPS) is 8.79. The van der Waals surface area contributed by atoms with Gasteiger partial charge in [-0.2, -0.15) is 0 Å². The first-order valence-corrected chi connectivity index (χ1v) is 7.69. The fourth-order valence-electron chi connectivity index (χ4n) is 1.26. The predicted octanol–water partition coefficient (Wildman–Crippen LogP) is 6.13. The molecule has 0 aliphatic carbocycles. The standard InChI is InChI=1S/C12H19N.3C2H6/c1-12(2,3)10-6-8-11(9-7-10)13(4)5;3*1-2/h6-9H,1-5H3;3*1-2H3. The van der Waals surface area contributed by atoms with E-state index in [9.17, 15) is 0 Å². The van der Waals surface area contributed by atoms with E-state index in [1.807, 2.05) is 41.5 Å². The summed E-state index contributed by atoms with van der Waals surface area (Å²) < 4.78 is 0. The van der Waals surface area contributed by atoms with Crippen LogP contribution >= 0.6 is 0 Å². The molecule has 0 spiro atoms. The molecule has 0 saturated heterocycles. The van der Waals surface area contributed by atoms with Crippen molar-refractivity contribution in [2.75, 3.05) is 19.0 Å². The molecule has 0 aliphatic heterocycles. The molecule has 0 heterocycles. The fraction of sp³-hybridized carbons (Fsp3) is 0.667. The molecular weight excluding hydrogens is 230 g/mol. The summed E-state index contributed by atoms with van der Waals surface area (Å²) in [5.74, 6) is 0. The van der Waals surface area contributed by atoms with Gasteiger partial charge < -0.3 is 4.90 Å². The molecule has 0 radical (unpaired) electrons. The van der Waals surface area contributed by atoms with E-state index in [-0.39, 0.29) is 5.41 Å². The van der Waals surface area contributed by atoms with Crippen LogP contribution in [0.2, 0.25) is 0 Å². The van der Waals surface area contributed by atoms with Crippen LogP contribution in [-0.4, -0.2) is 14.1 Å². The lowest BCUT2D eigenvalue weighted by Gasteiger charge is -2.20. The Hall–Kier alpha value is -0.980. The van der Waals surface area contributed by atoms with Crippen LogP contribution in [-0.2, 0) is 5.41 Å². The average molecular weight is 268 g/mol. The molecule has 0 unspecified atom stereocenters. The Morgan fingerprint density at radius 3 is 1.21 bits per heavy atom. The van der Waals surface area contributed by atoms with Gasteiger partial charge in [-0.05, 0) is 23.1 Å². The molecule has 114 valence electrons. The second-order valence-electron chi connectivity index (χ2n) is 4.69. The van der Waals surface area contributed by atoms with Gasteiger partial charge in [-0.3, -0.25) is 0 Å². The molecule has 0 aliphatic rings. The van der Waals surface area contributed by atoms with Gasteiger partial charge in [-0.25, -0.2) is 0 Å². The molecule has 0 bridgehead atoms. The van der Waals surface area contributed by atoms with Crippen LogP contribution < -0.4 is 4.90 Å². The zero-order valence-electron chi connectivity index (χ0n) is 15.3. The maximum Gasteiger partial charge on any atom is 0.0361 e. The zero-order chi connectivity index (χ0) is 16.1. The molecule has 0 saturated carbocycles. The molecule has 19 heavy (non-hydrogen) atoms. The third-order valence-electron chi connectivity index (χ3n) is 2.25. The lowest BCUT2D eigenvalue weighted by molar-refractivity contribution is 0.590. The molecule has 0 N–H and O–H groups in total. The van der Waals surface area contributed by atoms with Gasteiger partial charge in [0.25, 0.3) is 0 Å². The van der Waals surface area contributed by atoms with Crippen LogP contribution in [0.3, 0.4) is 0 Å². The molecule has 0 fully saturated rings. The fourth-order valence-corrected chi connectivity index (χ4v) is 1.26. The van der Waals surface area contributed by atoms with Gasteiger partial charge in [0.1, 0.15) is 0 Å². The Bertz CT molecular complexity index is 265. The van der Waals surface area contributed by atoms with Crippen molar-refractivity contribution in [2.45, 2.75) is 67.7 Å². The van der Waals surface area contributed by atoms with Crippen LogP contribution in [0, 0.1) is 0 Å². The SMILES string of the molecule is CC.CC.CC.CN(C)c1ccc(C(C)(C)C)cc1. The van der Waals surface area contributed by atoms with E-state index in [1.54, 1.807) is 0 Å². The summed E-state index contributed by atoms with van der Waals surface area (Å²) >= 11 is 0. The van der Waals surface area contributed by atoms with Crippen molar-refractivity contribution in [3.8, 4) is 0 Å². The van der Waals surface area contributed by atoms with Crippen molar-refractivity contribution in [1.29, 1.82) is 0 Å². The third kappa shape index (κ3) is 10.6. The highest BCUT2D eigenvalue weighted by Gasteiger charge is 2.12. The van der Waals surface area contributed by atoms with Crippen LogP contribution in [0.5, 0.6) is 0 Å². The van der Waals surface area contributed by atoms with Gasteiger partial charge in [0, 0.05) is 19.8 Å². The number of nitrogens with zero attached hydrogens (tertiary/aromatic N) is 1. The van der Waals surface area contributed by atoms with Crippen molar-refractivity contribution in [3.63, 3.8) is 0 Å². The minimum absolute atomic E-state index is 0.255. The predicted molar refractivity (Wildman–Crippen MR) is 93.5 cm³/mol. The van der Waals surface area contributed by atoms with E-state index < -0.39 is 0 Å². The topological polar surface area (TPSA) is 3.24 Å². The molecule has 1 heteroatoms. The summed E-state index contributed by atoms with van der Waals surface area (Å²) in [6.07, 6.45) is 0. The number of hydrogen-bond acceptors (Lipinski definition) is 1. The number of rotatable bonds is 1. The van der Waals surface area contributed by atoms with E-state index in [1.165, 1.54) is 11.3 Å². The van der Waals surface area contributed by atoms with Crippen molar-refractivity contribution in [1.82, 2.24) is 0 Å². The summed E-state index contributed by atoms with van der Waals surface area (Å²) in [7, 11) is 4.12. The highest BCUT2D eigenvalue weighted by molar-refractivity contribution is 5.47. The Morgan fingerprint density at radius 2 is 1.00 bits per heavy atom. The minimum atomic E-state index is 0.255. The molecule has 1 rings (SSSR count). The minimum Gasteiger partial charge on any atom is -0.378 e. The van der Waals surface area contributed by atoms with Crippen LogP contribution in [0.25, 0.3) is 0 Å². The molecule has 0 aromatic heterocycles. The van der Waals surface area contributed by atoms with E-state index in [2.05, 4.69) is 64.0 Å². The second kappa shape index (κ2) is 13.5. The van der Waals surface area contributed by atoms with Crippen LogP contribution in [0.15, 0.2) is 24.3 Å². The quantitative estimate of drug-likeness (QED) is 0.591. The first-order valence-electron chi connectivity index (χ1n) is 7.69. The number of benzene rings is 1. The molecule has 1 aromatic carbocycles. The summed E-state index contributed by atoms with van der Waals surface area (Å²) in [6.45, 7) is 18.7. The summed E-state index contributed by atoms with van der Waals surface area (Å²) in [5, 5.41) is 0. The van der Waals surface area contributed by atoms with Crippen molar-refractivity contribution in [2.24, 2.45) is 0 Å². The van der Waals surface area contributed by atoms with E-state index in [4.69, 9.17) is 0 Å². The zero-order valence-corrected chi connectivity index (χ0v) is 15.3. The van der Waals surface area contributed by atoms with Crippen LogP contribution in [0.1, 0.15) is 67.9 Å². The summed E-state index contributed by atoms with van der Waals surface area (Å²) in [5.41, 5.74) is 2.90. The largest absolute Gasteiger partial charge is 0.378 e. The van der Waals surface area contributed by atoms with Crippen molar-refractivity contribution >= 4 is 5.69 Å². The molecular formula is C18H37N. The smallest absolute Gasteiger partial charge is 0.0361 e. The summed E-state index contributed by atoms with van der Waals surface area (Å²) in [6, 6.07) is 8.74. The lowest BCUT2D eigenvalue weighted by atomic mass is 9.87. The lowest BCUT2D eigenvalue weighted by Crippen LogP contribution is -2.12. The molecule has 0 amide bonds. The first kappa shape index (κ1) is 23.1. The maximum absolute atomic E-state index is 2.23. The number of hydrogen-bond donors (Lipinski definition) is 0. The molecule has 1 aromatic rings. The van der Waals surface area contributed by atoms with Gasteiger partial charge in [0.05, 0.1) is 0 Å². The van der Waals surface area contributed by atoms with Crippen molar-refractivity contribution in [3.05, 3.63) is 29.8 Å². The maximum atomic E-state index is 2.23. The van der Waals surface area contributed by atoms with Gasteiger partial charge in [-0.15, -0.1) is 0 Å². The second-order valence-corrected chi connectivity index (χ2v) is 4.69.